The minimum absolute atomic E-state index is 0.103. The van der Waals surface area contributed by atoms with E-state index in [2.05, 4.69) is 5.10 Å². The highest BCUT2D eigenvalue weighted by Crippen LogP contribution is 2.32. The molecule has 0 aliphatic carbocycles. The topological polar surface area (TPSA) is 17.8 Å². The largest absolute Gasteiger partial charge is 0.433 e. The molecule has 0 spiro atoms. The van der Waals surface area contributed by atoms with Crippen LogP contribution in [0.3, 0.4) is 0 Å². The molecule has 1 aromatic heterocycles. The molecule has 1 aromatic carbocycles. The molecule has 0 aliphatic rings. The van der Waals surface area contributed by atoms with Gasteiger partial charge in [-0.25, -0.2) is 4.68 Å². The van der Waals surface area contributed by atoms with Crippen molar-refractivity contribution in [3.63, 3.8) is 0 Å². The Kier molecular flexibility index (Phi) is 3.05. The molecular weight excluding hydrogens is 276 g/mol. The molecule has 0 bridgehead atoms. The van der Waals surface area contributed by atoms with E-state index in [1.54, 1.807) is 0 Å². The first-order chi connectivity index (χ1) is 7.89. The number of halogens is 5. The Balaban J connectivity index is 2.58. The predicted octanol–water partition coefficient (Wildman–Crippen LogP) is 4.20. The SMILES string of the molecule is FC(F)(F)c1ccnn1-c1ccc(Cl)cc1Cl. The zero-order chi connectivity index (χ0) is 12.6. The third-order valence-corrected chi connectivity index (χ3v) is 2.61. The fraction of sp³-hybridized carbons (Fsp3) is 0.100. The summed E-state index contributed by atoms with van der Waals surface area (Å²) < 4.78 is 38.7. The minimum atomic E-state index is -4.49. The van der Waals surface area contributed by atoms with Crippen LogP contribution < -0.4 is 0 Å². The monoisotopic (exact) mass is 280 g/mol. The van der Waals surface area contributed by atoms with Gasteiger partial charge in [0.25, 0.3) is 0 Å². The lowest BCUT2D eigenvalue weighted by molar-refractivity contribution is -0.142. The second kappa shape index (κ2) is 4.23. The molecule has 7 heteroatoms. The zero-order valence-electron chi connectivity index (χ0n) is 8.17. The van der Waals surface area contributed by atoms with Gasteiger partial charge < -0.3 is 0 Å². The van der Waals surface area contributed by atoms with Gasteiger partial charge in [0, 0.05) is 5.02 Å². The predicted molar refractivity (Wildman–Crippen MR) is 58.6 cm³/mol. The second-order valence-corrected chi connectivity index (χ2v) is 4.07. The fourth-order valence-electron chi connectivity index (χ4n) is 1.36. The van der Waals surface area contributed by atoms with Crippen molar-refractivity contribution in [2.24, 2.45) is 0 Å². The molecule has 1 heterocycles. The van der Waals surface area contributed by atoms with E-state index in [9.17, 15) is 13.2 Å². The average molecular weight is 281 g/mol. The van der Waals surface area contributed by atoms with Crippen LogP contribution in [-0.4, -0.2) is 9.78 Å². The van der Waals surface area contributed by atoms with Crippen LogP contribution in [0.2, 0.25) is 10.0 Å². The summed E-state index contributed by atoms with van der Waals surface area (Å²) in [5.41, 5.74) is -0.755. The molecule has 0 N–H and O–H groups in total. The van der Waals surface area contributed by atoms with Crippen LogP contribution in [0.25, 0.3) is 5.69 Å². The van der Waals surface area contributed by atoms with Gasteiger partial charge >= 0.3 is 6.18 Å². The lowest BCUT2D eigenvalue weighted by Crippen LogP contribution is -2.13. The Hall–Kier alpha value is -1.20. The van der Waals surface area contributed by atoms with Crippen LogP contribution in [0.1, 0.15) is 5.69 Å². The molecule has 90 valence electrons. The maximum atomic E-state index is 12.6. The number of hydrogen-bond acceptors (Lipinski definition) is 1. The van der Waals surface area contributed by atoms with Gasteiger partial charge in [0.2, 0.25) is 0 Å². The van der Waals surface area contributed by atoms with Crippen molar-refractivity contribution in [2.75, 3.05) is 0 Å². The van der Waals surface area contributed by atoms with Crippen molar-refractivity contribution in [2.45, 2.75) is 6.18 Å². The normalized spacial score (nSPS) is 11.8. The summed E-state index contributed by atoms with van der Waals surface area (Å²) in [6.45, 7) is 0. The van der Waals surface area contributed by atoms with Crippen LogP contribution in [0, 0.1) is 0 Å². The Labute approximate surface area is 105 Å². The van der Waals surface area contributed by atoms with Gasteiger partial charge in [0.15, 0.2) is 0 Å². The summed E-state index contributed by atoms with van der Waals surface area (Å²) in [6.07, 6.45) is -3.42. The summed E-state index contributed by atoms with van der Waals surface area (Å²) in [4.78, 5) is 0. The van der Waals surface area contributed by atoms with E-state index in [-0.39, 0.29) is 10.7 Å². The summed E-state index contributed by atoms with van der Waals surface area (Å²) in [6, 6.07) is 5.07. The zero-order valence-corrected chi connectivity index (χ0v) is 9.68. The molecule has 0 amide bonds. The quantitative estimate of drug-likeness (QED) is 0.766. The summed E-state index contributed by atoms with van der Waals surface area (Å²) in [5.74, 6) is 0. The van der Waals surface area contributed by atoms with E-state index in [0.29, 0.717) is 5.02 Å². The first kappa shape index (κ1) is 12.3. The van der Waals surface area contributed by atoms with E-state index in [0.717, 1.165) is 16.9 Å². The molecule has 0 saturated carbocycles. The van der Waals surface area contributed by atoms with Crippen LogP contribution in [-0.2, 0) is 6.18 Å². The third-order valence-electron chi connectivity index (χ3n) is 2.07. The lowest BCUT2D eigenvalue weighted by Gasteiger charge is -2.11. The first-order valence-corrected chi connectivity index (χ1v) is 5.22. The Morgan fingerprint density at radius 1 is 1.12 bits per heavy atom. The van der Waals surface area contributed by atoms with Gasteiger partial charge in [0.1, 0.15) is 5.69 Å². The minimum Gasteiger partial charge on any atom is -0.227 e. The van der Waals surface area contributed by atoms with Gasteiger partial charge in [0.05, 0.1) is 16.9 Å². The van der Waals surface area contributed by atoms with Crippen LogP contribution in [0.4, 0.5) is 13.2 Å². The standard InChI is InChI=1S/C10H5Cl2F3N2/c11-6-1-2-8(7(12)5-6)17-9(3-4-16-17)10(13,14)15/h1-5H. The summed E-state index contributed by atoms with van der Waals surface area (Å²) in [5, 5.41) is 4.06. The number of aromatic nitrogens is 2. The average Bonchev–Trinajstić information content (AvgIpc) is 2.65. The van der Waals surface area contributed by atoms with Crippen molar-refractivity contribution in [1.29, 1.82) is 0 Å². The number of benzene rings is 1. The highest BCUT2D eigenvalue weighted by molar-refractivity contribution is 6.35. The maximum absolute atomic E-state index is 12.6. The van der Waals surface area contributed by atoms with Crippen LogP contribution in [0.5, 0.6) is 0 Å². The van der Waals surface area contributed by atoms with Crippen molar-refractivity contribution < 1.29 is 13.2 Å². The van der Waals surface area contributed by atoms with E-state index in [1.807, 2.05) is 0 Å². The lowest BCUT2D eigenvalue weighted by atomic mass is 10.3. The third kappa shape index (κ3) is 2.40. The van der Waals surface area contributed by atoms with Gasteiger partial charge in [-0.3, -0.25) is 0 Å². The fourth-order valence-corrected chi connectivity index (χ4v) is 1.85. The smallest absolute Gasteiger partial charge is 0.227 e. The van der Waals surface area contributed by atoms with E-state index >= 15 is 0 Å². The number of hydrogen-bond donors (Lipinski definition) is 0. The molecule has 2 rings (SSSR count). The highest BCUT2D eigenvalue weighted by Gasteiger charge is 2.35. The van der Waals surface area contributed by atoms with Crippen LogP contribution >= 0.6 is 23.2 Å². The Morgan fingerprint density at radius 3 is 2.41 bits per heavy atom. The van der Waals surface area contributed by atoms with Gasteiger partial charge in [-0.15, -0.1) is 0 Å². The van der Waals surface area contributed by atoms with Gasteiger partial charge in [-0.05, 0) is 24.3 Å². The molecule has 0 saturated heterocycles. The van der Waals surface area contributed by atoms with E-state index in [4.69, 9.17) is 23.2 Å². The van der Waals surface area contributed by atoms with Crippen molar-refractivity contribution in [3.8, 4) is 5.69 Å². The molecule has 2 nitrogen and oxygen atoms in total. The summed E-state index contributed by atoms with van der Waals surface area (Å²) in [7, 11) is 0. The van der Waals surface area contributed by atoms with Crippen molar-refractivity contribution in [1.82, 2.24) is 9.78 Å². The molecule has 0 fully saturated rings. The van der Waals surface area contributed by atoms with Crippen LogP contribution in [0.15, 0.2) is 30.5 Å². The molecule has 17 heavy (non-hydrogen) atoms. The maximum Gasteiger partial charge on any atom is 0.433 e. The highest BCUT2D eigenvalue weighted by atomic mass is 35.5. The van der Waals surface area contributed by atoms with E-state index < -0.39 is 11.9 Å². The molecule has 2 aromatic rings. The molecule has 0 atom stereocenters. The molecular formula is C10H5Cl2F3N2. The summed E-state index contributed by atoms with van der Waals surface area (Å²) >= 11 is 11.5. The second-order valence-electron chi connectivity index (χ2n) is 3.22. The van der Waals surface area contributed by atoms with Gasteiger partial charge in [-0.1, -0.05) is 23.2 Å². The van der Waals surface area contributed by atoms with Gasteiger partial charge in [-0.2, -0.15) is 18.3 Å². The molecule has 0 radical (unpaired) electrons. The van der Waals surface area contributed by atoms with Crippen molar-refractivity contribution >= 4 is 23.2 Å². The molecule has 0 unspecified atom stereocenters. The Morgan fingerprint density at radius 2 is 1.82 bits per heavy atom. The molecule has 0 aliphatic heterocycles. The first-order valence-electron chi connectivity index (χ1n) is 4.46. The Bertz CT molecular complexity index is 549. The number of rotatable bonds is 1. The number of nitrogens with zero attached hydrogens (tertiary/aromatic N) is 2. The van der Waals surface area contributed by atoms with Crippen molar-refractivity contribution in [3.05, 3.63) is 46.2 Å². The number of alkyl halides is 3. The van der Waals surface area contributed by atoms with E-state index in [1.165, 1.54) is 18.2 Å².